The number of rotatable bonds is 5. The number of hydrogen-bond donors (Lipinski definition) is 0. The average Bonchev–Trinajstić information content (AvgIpc) is 2.53. The highest BCUT2D eigenvalue weighted by molar-refractivity contribution is 7.85. The van der Waals surface area contributed by atoms with E-state index >= 15 is 0 Å². The number of methoxy groups -OCH3 is 1. The van der Waals surface area contributed by atoms with Gasteiger partial charge in [0.2, 0.25) is 5.88 Å². The molecule has 2 rings (SSSR count). The van der Waals surface area contributed by atoms with Crippen LogP contribution in [0.3, 0.4) is 0 Å². The zero-order valence-electron chi connectivity index (χ0n) is 16.2. The minimum atomic E-state index is -1.37. The van der Waals surface area contributed by atoms with Crippen LogP contribution in [0, 0.1) is 0 Å². The van der Waals surface area contributed by atoms with Gasteiger partial charge in [-0.25, -0.2) is 9.19 Å². The van der Waals surface area contributed by atoms with E-state index in [2.05, 4.69) is 9.38 Å². The molecule has 142 valence electrons. The number of nitrogens with zero attached hydrogens (tertiary/aromatic N) is 2. The van der Waals surface area contributed by atoms with Crippen LogP contribution in [0.4, 0.5) is 0 Å². The van der Waals surface area contributed by atoms with Crippen LogP contribution in [0.5, 0.6) is 11.6 Å². The quantitative estimate of drug-likeness (QED) is 0.670. The van der Waals surface area contributed by atoms with Gasteiger partial charge in [-0.2, -0.15) is 4.40 Å². The second kappa shape index (κ2) is 7.92. The van der Waals surface area contributed by atoms with Gasteiger partial charge in [-0.15, -0.1) is 0 Å². The van der Waals surface area contributed by atoms with Crippen molar-refractivity contribution in [3.63, 3.8) is 0 Å². The van der Waals surface area contributed by atoms with E-state index in [1.165, 1.54) is 0 Å². The summed E-state index contributed by atoms with van der Waals surface area (Å²) < 4.78 is 27.4. The van der Waals surface area contributed by atoms with E-state index < -0.39 is 15.7 Å². The van der Waals surface area contributed by atoms with E-state index in [1.54, 1.807) is 26.2 Å². The van der Waals surface area contributed by atoms with E-state index in [9.17, 15) is 4.21 Å². The van der Waals surface area contributed by atoms with Crippen molar-refractivity contribution >= 4 is 39.2 Å². The smallest absolute Gasteiger partial charge is 0.222 e. The van der Waals surface area contributed by atoms with Crippen LogP contribution in [0.25, 0.3) is 10.9 Å². The Hall–Kier alpha value is -1.66. The minimum Gasteiger partial charge on any atom is -0.489 e. The molecule has 0 aliphatic rings. The van der Waals surface area contributed by atoms with Gasteiger partial charge in [0.15, 0.2) is 0 Å². The Bertz CT molecular complexity index is 873. The topological polar surface area (TPSA) is 60.8 Å². The highest BCUT2D eigenvalue weighted by Gasteiger charge is 2.21. The second-order valence-electron chi connectivity index (χ2n) is 7.23. The third-order valence-corrected chi connectivity index (χ3v) is 5.31. The van der Waals surface area contributed by atoms with Gasteiger partial charge in [0.05, 0.1) is 39.8 Å². The van der Waals surface area contributed by atoms with Crippen LogP contribution in [0.15, 0.2) is 22.6 Å². The van der Waals surface area contributed by atoms with E-state index in [0.29, 0.717) is 33.4 Å². The van der Waals surface area contributed by atoms with E-state index in [1.807, 2.05) is 40.7 Å². The number of halogens is 1. The summed E-state index contributed by atoms with van der Waals surface area (Å²) in [6, 6.07) is 5.49. The maximum absolute atomic E-state index is 12.3. The number of hydrogen-bond acceptors (Lipinski definition) is 4. The second-order valence-corrected chi connectivity index (χ2v) is 9.54. The Morgan fingerprint density at radius 3 is 2.46 bits per heavy atom. The van der Waals surface area contributed by atoms with Gasteiger partial charge in [0, 0.05) is 11.5 Å². The summed E-state index contributed by atoms with van der Waals surface area (Å²) in [5, 5.41) is 1.34. The molecule has 0 aliphatic carbocycles. The predicted octanol–water partition coefficient (Wildman–Crippen LogP) is 4.96. The lowest BCUT2D eigenvalue weighted by atomic mass is 10.1. The van der Waals surface area contributed by atoms with Gasteiger partial charge < -0.3 is 9.47 Å². The molecule has 0 bridgehead atoms. The number of fused-ring (bicyclic) bond motifs is 1. The average molecular weight is 397 g/mol. The number of pyridine rings is 1. The fourth-order valence-electron chi connectivity index (χ4n) is 2.23. The molecular formula is C19H25ClN2O3S. The summed E-state index contributed by atoms with van der Waals surface area (Å²) in [4.78, 5) is 4.55. The molecule has 1 atom stereocenters. The van der Waals surface area contributed by atoms with Gasteiger partial charge in [-0.1, -0.05) is 11.6 Å². The Morgan fingerprint density at radius 2 is 1.92 bits per heavy atom. The number of aromatic nitrogens is 1. The van der Waals surface area contributed by atoms with Crippen molar-refractivity contribution in [2.45, 2.75) is 52.4 Å². The van der Waals surface area contributed by atoms with Crippen molar-refractivity contribution < 1.29 is 13.7 Å². The van der Waals surface area contributed by atoms with Crippen molar-refractivity contribution in [3.05, 3.63) is 28.8 Å². The molecule has 0 fully saturated rings. The lowest BCUT2D eigenvalue weighted by molar-refractivity contribution is 0.243. The molecule has 7 heteroatoms. The zero-order valence-corrected chi connectivity index (χ0v) is 17.8. The summed E-state index contributed by atoms with van der Waals surface area (Å²) in [6.45, 7) is 11.3. The van der Waals surface area contributed by atoms with E-state index in [4.69, 9.17) is 21.1 Å². The molecule has 1 aromatic heterocycles. The van der Waals surface area contributed by atoms with Crippen molar-refractivity contribution in [1.29, 1.82) is 0 Å². The number of benzene rings is 1. The first-order valence-electron chi connectivity index (χ1n) is 8.35. The molecule has 0 saturated heterocycles. The highest BCUT2D eigenvalue weighted by Crippen LogP contribution is 2.33. The summed E-state index contributed by atoms with van der Waals surface area (Å²) in [6.07, 6.45) is 0.00729. The number of ether oxygens (including phenoxy) is 2. The van der Waals surface area contributed by atoms with Crippen LogP contribution in [-0.4, -0.2) is 32.9 Å². The van der Waals surface area contributed by atoms with Crippen LogP contribution in [0.1, 0.15) is 47.1 Å². The summed E-state index contributed by atoms with van der Waals surface area (Å²) in [5.74, 6) is 0.998. The normalized spacial score (nSPS) is 14.0. The fourth-order valence-corrected chi connectivity index (χ4v) is 3.06. The zero-order chi connectivity index (χ0) is 19.6. The molecule has 0 radical (unpaired) electrons. The minimum absolute atomic E-state index is 0.00729. The maximum Gasteiger partial charge on any atom is 0.222 e. The maximum atomic E-state index is 12.3. The first kappa shape index (κ1) is 20.6. The summed E-state index contributed by atoms with van der Waals surface area (Å²) >= 11 is 6.33. The Labute approximate surface area is 162 Å². The van der Waals surface area contributed by atoms with Gasteiger partial charge in [-0.3, -0.25) is 0 Å². The first-order chi connectivity index (χ1) is 12.0. The molecule has 26 heavy (non-hydrogen) atoms. The summed E-state index contributed by atoms with van der Waals surface area (Å²) in [7, 11) is 0.181. The third kappa shape index (κ3) is 4.74. The van der Waals surface area contributed by atoms with Crippen molar-refractivity contribution in [2.75, 3.05) is 7.11 Å². The molecule has 1 unspecified atom stereocenters. The molecule has 0 N–H and O–H groups in total. The van der Waals surface area contributed by atoms with Gasteiger partial charge in [0.1, 0.15) is 16.7 Å². The first-order valence-corrected chi connectivity index (χ1v) is 9.84. The summed E-state index contributed by atoms with van der Waals surface area (Å²) in [5.41, 5.74) is 1.99. The van der Waals surface area contributed by atoms with Crippen molar-refractivity contribution in [3.8, 4) is 11.6 Å². The Kier molecular flexibility index (Phi) is 6.29. The Morgan fingerprint density at radius 1 is 1.27 bits per heavy atom. The fraction of sp³-hybridized carbons (Fsp3) is 0.474. The monoisotopic (exact) mass is 396 g/mol. The van der Waals surface area contributed by atoms with E-state index in [-0.39, 0.29) is 6.10 Å². The van der Waals surface area contributed by atoms with Crippen LogP contribution < -0.4 is 9.47 Å². The molecule has 1 aromatic carbocycles. The lowest BCUT2D eigenvalue weighted by Crippen LogP contribution is -2.20. The van der Waals surface area contributed by atoms with Gasteiger partial charge >= 0.3 is 0 Å². The standard InChI is InChI=1S/C19H25ClN2O3S/c1-11(2)25-17-10-16-13(9-15(17)20)8-14(18(21-16)24-7)12(3)22-26(23)19(4,5)6/h8-11H,1-7H3. The van der Waals surface area contributed by atoms with Crippen LogP contribution in [0.2, 0.25) is 5.02 Å². The molecule has 5 nitrogen and oxygen atoms in total. The van der Waals surface area contributed by atoms with Crippen molar-refractivity contribution in [2.24, 2.45) is 4.40 Å². The van der Waals surface area contributed by atoms with Crippen LogP contribution >= 0.6 is 11.6 Å². The SMILES string of the molecule is COc1nc2cc(OC(C)C)c(Cl)cc2cc1C(C)=NS(=O)C(C)(C)C. The van der Waals surface area contributed by atoms with Crippen LogP contribution in [-0.2, 0) is 11.0 Å². The Balaban J connectivity index is 2.58. The molecule has 0 amide bonds. The van der Waals surface area contributed by atoms with E-state index in [0.717, 1.165) is 5.39 Å². The molecule has 0 aliphatic heterocycles. The lowest BCUT2D eigenvalue weighted by Gasteiger charge is -2.16. The molecule has 0 saturated carbocycles. The molecule has 1 heterocycles. The van der Waals surface area contributed by atoms with Crippen molar-refractivity contribution in [1.82, 2.24) is 4.98 Å². The third-order valence-electron chi connectivity index (χ3n) is 3.52. The molecular weight excluding hydrogens is 372 g/mol. The van der Waals surface area contributed by atoms with Gasteiger partial charge in [-0.05, 0) is 53.7 Å². The molecule has 2 aromatic rings. The van der Waals surface area contributed by atoms with Gasteiger partial charge in [0.25, 0.3) is 0 Å². The highest BCUT2D eigenvalue weighted by atomic mass is 35.5. The largest absolute Gasteiger partial charge is 0.489 e. The predicted molar refractivity (Wildman–Crippen MR) is 109 cm³/mol. The molecule has 0 spiro atoms.